The molecule has 94 valence electrons. The maximum atomic E-state index is 14.0. The van der Waals surface area contributed by atoms with Gasteiger partial charge < -0.3 is 16.4 Å². The summed E-state index contributed by atoms with van der Waals surface area (Å²) in [5.41, 5.74) is 12.7. The molecule has 4 heteroatoms. The number of rotatable bonds is 3. The van der Waals surface area contributed by atoms with Gasteiger partial charge in [0, 0.05) is 25.7 Å². The molecule has 2 rings (SSSR count). The summed E-state index contributed by atoms with van der Waals surface area (Å²) in [6.07, 6.45) is 3.53. The zero-order chi connectivity index (χ0) is 12.3. The van der Waals surface area contributed by atoms with E-state index in [0.29, 0.717) is 12.2 Å². The van der Waals surface area contributed by atoms with Crippen molar-refractivity contribution in [2.24, 2.45) is 11.5 Å². The zero-order valence-corrected chi connectivity index (χ0v) is 10.0. The molecule has 0 unspecified atom stereocenters. The average molecular weight is 237 g/mol. The van der Waals surface area contributed by atoms with Crippen LogP contribution in [0.5, 0.6) is 0 Å². The highest BCUT2D eigenvalue weighted by Gasteiger charge is 2.15. The molecule has 0 radical (unpaired) electrons. The second-order valence-corrected chi connectivity index (χ2v) is 4.60. The lowest BCUT2D eigenvalue weighted by Gasteiger charge is -2.29. The lowest BCUT2D eigenvalue weighted by atomic mass is 10.1. The highest BCUT2D eigenvalue weighted by Crippen LogP contribution is 2.25. The Morgan fingerprint density at radius 2 is 1.94 bits per heavy atom. The molecule has 3 nitrogen and oxygen atoms in total. The Kier molecular flexibility index (Phi) is 3.97. The fraction of sp³-hybridized carbons (Fsp3) is 0.538. The van der Waals surface area contributed by atoms with Gasteiger partial charge in [-0.25, -0.2) is 4.39 Å². The maximum Gasteiger partial charge on any atom is 0.146 e. The Morgan fingerprint density at radius 3 is 2.53 bits per heavy atom. The number of nitrogens with two attached hydrogens (primary N) is 2. The van der Waals surface area contributed by atoms with E-state index in [4.69, 9.17) is 11.5 Å². The van der Waals surface area contributed by atoms with Gasteiger partial charge in [-0.3, -0.25) is 0 Å². The number of hydrogen-bond acceptors (Lipinski definition) is 3. The second-order valence-electron chi connectivity index (χ2n) is 4.60. The average Bonchev–Trinajstić information content (AvgIpc) is 2.38. The summed E-state index contributed by atoms with van der Waals surface area (Å²) in [6.45, 7) is 2.22. The molecule has 1 atom stereocenters. The fourth-order valence-electron chi connectivity index (χ4n) is 2.28. The van der Waals surface area contributed by atoms with E-state index in [1.807, 2.05) is 12.1 Å². The molecule has 0 amide bonds. The fourth-order valence-corrected chi connectivity index (χ4v) is 2.28. The van der Waals surface area contributed by atoms with Crippen molar-refractivity contribution in [3.05, 3.63) is 29.6 Å². The van der Waals surface area contributed by atoms with Crippen molar-refractivity contribution in [1.29, 1.82) is 0 Å². The van der Waals surface area contributed by atoms with Crippen LogP contribution in [0.1, 0.15) is 30.9 Å². The van der Waals surface area contributed by atoms with Crippen LogP contribution in [0.15, 0.2) is 18.2 Å². The summed E-state index contributed by atoms with van der Waals surface area (Å²) in [5.74, 6) is -0.187. The molecule has 0 aliphatic carbocycles. The lowest BCUT2D eigenvalue weighted by Crippen LogP contribution is -2.30. The molecule has 1 heterocycles. The Labute approximate surface area is 102 Å². The molecule has 0 bridgehead atoms. The summed E-state index contributed by atoms with van der Waals surface area (Å²) < 4.78 is 14.0. The van der Waals surface area contributed by atoms with Crippen LogP contribution < -0.4 is 16.4 Å². The van der Waals surface area contributed by atoms with Gasteiger partial charge >= 0.3 is 0 Å². The highest BCUT2D eigenvalue weighted by molar-refractivity contribution is 5.49. The van der Waals surface area contributed by atoms with Gasteiger partial charge in [-0.2, -0.15) is 0 Å². The van der Waals surface area contributed by atoms with Crippen LogP contribution in [0.25, 0.3) is 0 Å². The molecule has 0 spiro atoms. The van der Waals surface area contributed by atoms with Gasteiger partial charge in [0.1, 0.15) is 5.82 Å². The van der Waals surface area contributed by atoms with Crippen molar-refractivity contribution < 1.29 is 4.39 Å². The van der Waals surface area contributed by atoms with Gasteiger partial charge in [-0.15, -0.1) is 0 Å². The number of anilines is 1. The van der Waals surface area contributed by atoms with Crippen molar-refractivity contribution in [1.82, 2.24) is 0 Å². The molecular weight excluding hydrogens is 217 g/mol. The quantitative estimate of drug-likeness (QED) is 0.842. The van der Waals surface area contributed by atoms with Crippen molar-refractivity contribution >= 4 is 5.69 Å². The Morgan fingerprint density at radius 1 is 1.24 bits per heavy atom. The summed E-state index contributed by atoms with van der Waals surface area (Å²) in [7, 11) is 0. The highest BCUT2D eigenvalue weighted by atomic mass is 19.1. The monoisotopic (exact) mass is 237 g/mol. The summed E-state index contributed by atoms with van der Waals surface area (Å²) >= 11 is 0. The van der Waals surface area contributed by atoms with Crippen LogP contribution >= 0.6 is 0 Å². The van der Waals surface area contributed by atoms with E-state index in [1.54, 1.807) is 0 Å². The smallest absolute Gasteiger partial charge is 0.146 e. The zero-order valence-electron chi connectivity index (χ0n) is 10.0. The molecule has 0 saturated carbocycles. The number of piperidine rings is 1. The molecule has 17 heavy (non-hydrogen) atoms. The third-order valence-corrected chi connectivity index (χ3v) is 3.35. The van der Waals surface area contributed by atoms with Crippen molar-refractivity contribution in [2.45, 2.75) is 25.3 Å². The maximum absolute atomic E-state index is 14.0. The van der Waals surface area contributed by atoms with Crippen LogP contribution in [0.2, 0.25) is 0 Å². The minimum atomic E-state index is -0.278. The van der Waals surface area contributed by atoms with E-state index in [2.05, 4.69) is 4.90 Å². The molecular formula is C13H20FN3. The van der Waals surface area contributed by atoms with E-state index in [1.165, 1.54) is 12.5 Å². The van der Waals surface area contributed by atoms with Gasteiger partial charge in [-0.05, 0) is 37.0 Å². The largest absolute Gasteiger partial charge is 0.369 e. The summed E-state index contributed by atoms with van der Waals surface area (Å²) in [5, 5.41) is 0. The van der Waals surface area contributed by atoms with E-state index in [-0.39, 0.29) is 11.9 Å². The first-order valence-corrected chi connectivity index (χ1v) is 6.22. The molecule has 1 aliphatic rings. The van der Waals surface area contributed by atoms with E-state index in [0.717, 1.165) is 31.5 Å². The number of benzene rings is 1. The molecule has 0 aromatic heterocycles. The van der Waals surface area contributed by atoms with Crippen molar-refractivity contribution in [3.8, 4) is 0 Å². The van der Waals surface area contributed by atoms with Gasteiger partial charge in [0.2, 0.25) is 0 Å². The van der Waals surface area contributed by atoms with Crippen LogP contribution in [-0.4, -0.2) is 19.6 Å². The van der Waals surface area contributed by atoms with Crippen LogP contribution in [0.4, 0.5) is 10.1 Å². The summed E-state index contributed by atoms with van der Waals surface area (Å²) in [4.78, 5) is 2.11. The molecule has 1 aliphatic heterocycles. The first-order chi connectivity index (χ1) is 8.22. The van der Waals surface area contributed by atoms with Crippen molar-refractivity contribution in [2.75, 3.05) is 24.5 Å². The standard InChI is InChI=1S/C13H20FN3/c14-11-8-10(12(16)9-15)4-5-13(11)17-6-2-1-3-7-17/h4-5,8,12H,1-3,6-7,9,15-16H2/t12-/m0/s1. The minimum absolute atomic E-state index is 0.187. The molecule has 1 aromatic rings. The van der Waals surface area contributed by atoms with Crippen molar-refractivity contribution in [3.63, 3.8) is 0 Å². The molecule has 1 saturated heterocycles. The SMILES string of the molecule is NC[C@H](N)c1ccc(N2CCCCC2)c(F)c1. The Balaban J connectivity index is 2.18. The number of halogens is 1. The number of hydrogen-bond donors (Lipinski definition) is 2. The normalized spacial score (nSPS) is 18.2. The van der Waals surface area contributed by atoms with Gasteiger partial charge in [-0.1, -0.05) is 6.07 Å². The van der Waals surface area contributed by atoms with Crippen LogP contribution in [0.3, 0.4) is 0 Å². The first-order valence-electron chi connectivity index (χ1n) is 6.22. The van der Waals surface area contributed by atoms with E-state index < -0.39 is 0 Å². The van der Waals surface area contributed by atoms with Crippen LogP contribution in [-0.2, 0) is 0 Å². The predicted octanol–water partition coefficient (Wildman–Crippen LogP) is 1.77. The molecule has 4 N–H and O–H groups in total. The van der Waals surface area contributed by atoms with Gasteiger partial charge in [0.15, 0.2) is 0 Å². The Hall–Kier alpha value is -1.13. The minimum Gasteiger partial charge on any atom is -0.369 e. The lowest BCUT2D eigenvalue weighted by molar-refractivity contribution is 0.555. The Bertz CT molecular complexity index is 375. The topological polar surface area (TPSA) is 55.3 Å². The van der Waals surface area contributed by atoms with E-state index >= 15 is 0 Å². The van der Waals surface area contributed by atoms with Crippen LogP contribution in [0, 0.1) is 5.82 Å². The first kappa shape index (κ1) is 12.3. The summed E-state index contributed by atoms with van der Waals surface area (Å²) in [6, 6.07) is 4.94. The second kappa shape index (κ2) is 5.47. The molecule has 1 aromatic carbocycles. The molecule has 1 fully saturated rings. The third-order valence-electron chi connectivity index (χ3n) is 3.35. The van der Waals surface area contributed by atoms with E-state index in [9.17, 15) is 4.39 Å². The predicted molar refractivity (Wildman–Crippen MR) is 68.4 cm³/mol. The van der Waals surface area contributed by atoms with Gasteiger partial charge in [0.05, 0.1) is 5.69 Å². The third kappa shape index (κ3) is 2.76. The van der Waals surface area contributed by atoms with Gasteiger partial charge in [0.25, 0.3) is 0 Å². The number of nitrogens with zero attached hydrogens (tertiary/aromatic N) is 1.